The molecule has 0 aliphatic carbocycles. The Morgan fingerprint density at radius 2 is 1.67 bits per heavy atom. The summed E-state index contributed by atoms with van der Waals surface area (Å²) in [6.07, 6.45) is -5.99. The third-order valence-corrected chi connectivity index (χ3v) is 4.50. The number of carbonyl (C=O) groups is 1. The van der Waals surface area contributed by atoms with Gasteiger partial charge in [-0.1, -0.05) is 64.1 Å². The molecule has 146 valence electrons. The first-order chi connectivity index (χ1) is 12.4. The van der Waals surface area contributed by atoms with E-state index in [9.17, 15) is 18.0 Å². The fourth-order valence-corrected chi connectivity index (χ4v) is 2.70. The first-order valence-electron chi connectivity index (χ1n) is 7.14. The predicted molar refractivity (Wildman–Crippen MR) is 103 cm³/mol. The van der Waals surface area contributed by atoms with Crippen LogP contribution in [-0.4, -0.2) is 15.9 Å². The predicted octanol–water partition coefficient (Wildman–Crippen LogP) is 6.55. The Morgan fingerprint density at radius 3 is 2.22 bits per heavy atom. The van der Waals surface area contributed by atoms with Crippen LogP contribution in [0.15, 0.2) is 42.5 Å². The highest BCUT2D eigenvalue weighted by Crippen LogP contribution is 2.36. The van der Waals surface area contributed by atoms with Crippen LogP contribution in [0.1, 0.15) is 15.9 Å². The number of anilines is 1. The monoisotopic (exact) mass is 478 g/mol. The minimum Gasteiger partial charge on any atom is -0.361 e. The van der Waals surface area contributed by atoms with Gasteiger partial charge in [-0.3, -0.25) is 4.79 Å². The van der Waals surface area contributed by atoms with Crippen molar-refractivity contribution >= 4 is 69.6 Å². The van der Waals surface area contributed by atoms with Gasteiger partial charge in [-0.05, 0) is 36.4 Å². The van der Waals surface area contributed by atoms with Crippen LogP contribution in [0.4, 0.5) is 18.9 Å². The van der Waals surface area contributed by atoms with E-state index in [1.807, 2.05) is 0 Å². The zero-order valence-corrected chi connectivity index (χ0v) is 16.8. The molecule has 0 radical (unpaired) electrons. The maximum Gasteiger partial charge on any atom is 0.416 e. The third-order valence-electron chi connectivity index (χ3n) is 3.28. The molecule has 0 saturated carbocycles. The highest BCUT2D eigenvalue weighted by atomic mass is 35.6. The topological polar surface area (TPSA) is 41.1 Å². The van der Waals surface area contributed by atoms with Gasteiger partial charge in [0.05, 0.1) is 16.3 Å². The molecule has 0 bridgehead atoms. The molecule has 0 aromatic heterocycles. The van der Waals surface area contributed by atoms with E-state index in [1.54, 1.807) is 12.1 Å². The van der Waals surface area contributed by atoms with Crippen LogP contribution < -0.4 is 10.6 Å². The molecule has 2 aromatic rings. The van der Waals surface area contributed by atoms with Crippen molar-refractivity contribution in [1.82, 2.24) is 5.32 Å². The molecule has 2 N–H and O–H groups in total. The van der Waals surface area contributed by atoms with Gasteiger partial charge < -0.3 is 10.6 Å². The number of hydrogen-bond donors (Lipinski definition) is 2. The van der Waals surface area contributed by atoms with Crippen molar-refractivity contribution in [3.05, 3.63) is 63.6 Å². The Bertz CT molecular complexity index is 840. The zero-order chi connectivity index (χ0) is 20.4. The maximum atomic E-state index is 12.9. The third kappa shape index (κ3) is 6.22. The highest BCUT2D eigenvalue weighted by Gasteiger charge is 2.36. The normalized spacial score (nSPS) is 13.2. The summed E-state index contributed by atoms with van der Waals surface area (Å²) < 4.78 is 36.6. The molecule has 1 amide bonds. The van der Waals surface area contributed by atoms with Crippen LogP contribution in [0.3, 0.4) is 0 Å². The molecule has 0 aliphatic heterocycles. The molecule has 1 atom stereocenters. The summed E-state index contributed by atoms with van der Waals surface area (Å²) >= 11 is 29.3. The molecule has 0 heterocycles. The molecule has 11 heteroatoms. The number of hydrogen-bond acceptors (Lipinski definition) is 2. The number of amides is 1. The summed E-state index contributed by atoms with van der Waals surface area (Å²) in [6.45, 7) is 0. The van der Waals surface area contributed by atoms with Crippen molar-refractivity contribution in [2.75, 3.05) is 5.32 Å². The van der Waals surface area contributed by atoms with Crippen molar-refractivity contribution in [3.63, 3.8) is 0 Å². The number of halogens is 8. The average Bonchev–Trinajstić information content (AvgIpc) is 2.54. The van der Waals surface area contributed by atoms with Gasteiger partial charge in [0.15, 0.2) is 0 Å². The van der Waals surface area contributed by atoms with Crippen molar-refractivity contribution in [3.8, 4) is 0 Å². The van der Waals surface area contributed by atoms with Gasteiger partial charge in [0, 0.05) is 10.6 Å². The van der Waals surface area contributed by atoms with E-state index in [-0.39, 0.29) is 16.3 Å². The lowest BCUT2D eigenvalue weighted by molar-refractivity contribution is -0.137. The molecule has 3 nitrogen and oxygen atoms in total. The summed E-state index contributed by atoms with van der Waals surface area (Å²) in [4.78, 5) is 12.4. The van der Waals surface area contributed by atoms with Crippen molar-refractivity contribution in [2.45, 2.75) is 16.1 Å². The summed E-state index contributed by atoms with van der Waals surface area (Å²) in [6, 6.07) is 8.54. The summed E-state index contributed by atoms with van der Waals surface area (Å²) in [5.41, 5.74) is -0.966. The van der Waals surface area contributed by atoms with E-state index < -0.39 is 27.6 Å². The van der Waals surface area contributed by atoms with Crippen LogP contribution in [0.2, 0.25) is 10.0 Å². The molecular weight excluding hydrogens is 470 g/mol. The van der Waals surface area contributed by atoms with E-state index in [2.05, 4.69) is 10.6 Å². The minimum absolute atomic E-state index is 0.0562. The van der Waals surface area contributed by atoms with Crippen LogP contribution in [0.25, 0.3) is 0 Å². The summed E-state index contributed by atoms with van der Waals surface area (Å²) in [5.74, 6) is -0.663. The quantitative estimate of drug-likeness (QED) is 0.385. The number of carbonyl (C=O) groups excluding carboxylic acids is 1. The van der Waals surface area contributed by atoms with Gasteiger partial charge >= 0.3 is 6.18 Å². The van der Waals surface area contributed by atoms with Crippen LogP contribution in [0, 0.1) is 0 Å². The molecule has 2 aromatic carbocycles. The van der Waals surface area contributed by atoms with Gasteiger partial charge in [0.25, 0.3) is 5.91 Å². The molecule has 0 spiro atoms. The zero-order valence-electron chi connectivity index (χ0n) is 13.1. The second-order valence-corrected chi connectivity index (χ2v) is 8.51. The maximum absolute atomic E-state index is 12.9. The standard InChI is InChI=1S/C16H10Cl5F3N2O/c17-10-3-1-2-8(6-10)13(27)26-14(15(19,20)21)25-12-7-9(16(22,23)24)4-5-11(12)18/h1-7,14,25H,(H,26,27)/t14-/m0/s1. The summed E-state index contributed by atoms with van der Waals surface area (Å²) in [7, 11) is 0. The van der Waals surface area contributed by atoms with Gasteiger partial charge in [0.1, 0.15) is 6.17 Å². The Morgan fingerprint density at radius 1 is 1.00 bits per heavy atom. The fourth-order valence-electron chi connectivity index (χ4n) is 2.01. The number of rotatable bonds is 4. The molecule has 0 saturated heterocycles. The van der Waals surface area contributed by atoms with Gasteiger partial charge in [-0.25, -0.2) is 0 Å². The van der Waals surface area contributed by atoms with Crippen LogP contribution in [-0.2, 0) is 6.18 Å². The molecule has 0 aliphatic rings. The lowest BCUT2D eigenvalue weighted by Crippen LogP contribution is -2.49. The minimum atomic E-state index is -4.60. The van der Waals surface area contributed by atoms with E-state index in [0.717, 1.165) is 18.2 Å². The first-order valence-corrected chi connectivity index (χ1v) is 9.03. The lowest BCUT2D eigenvalue weighted by Gasteiger charge is -2.28. The van der Waals surface area contributed by atoms with E-state index in [1.165, 1.54) is 12.1 Å². The number of nitrogens with one attached hydrogen (secondary N) is 2. The van der Waals surface area contributed by atoms with Crippen molar-refractivity contribution < 1.29 is 18.0 Å². The van der Waals surface area contributed by atoms with Crippen LogP contribution in [0.5, 0.6) is 0 Å². The smallest absolute Gasteiger partial charge is 0.361 e. The van der Waals surface area contributed by atoms with E-state index in [0.29, 0.717) is 5.02 Å². The molecule has 0 fully saturated rings. The second-order valence-electron chi connectivity index (χ2n) is 5.30. The highest BCUT2D eigenvalue weighted by molar-refractivity contribution is 6.68. The molecule has 2 rings (SSSR count). The SMILES string of the molecule is O=C(N[C@H](Nc1cc(C(F)(F)F)ccc1Cl)C(Cl)(Cl)Cl)c1cccc(Cl)c1. The fraction of sp³-hybridized carbons (Fsp3) is 0.188. The Kier molecular flexibility index (Phi) is 7.03. The Hall–Kier alpha value is -1.05. The van der Waals surface area contributed by atoms with Crippen molar-refractivity contribution in [2.24, 2.45) is 0 Å². The molecular formula is C16H10Cl5F3N2O. The van der Waals surface area contributed by atoms with Gasteiger partial charge in [0.2, 0.25) is 3.79 Å². The van der Waals surface area contributed by atoms with Gasteiger partial charge in [-0.2, -0.15) is 13.2 Å². The van der Waals surface area contributed by atoms with Gasteiger partial charge in [-0.15, -0.1) is 0 Å². The second kappa shape index (κ2) is 8.53. The Balaban J connectivity index is 2.29. The summed E-state index contributed by atoms with van der Waals surface area (Å²) in [5, 5.41) is 5.16. The lowest BCUT2D eigenvalue weighted by atomic mass is 10.2. The van der Waals surface area contributed by atoms with E-state index in [4.69, 9.17) is 58.0 Å². The average molecular weight is 481 g/mol. The van der Waals surface area contributed by atoms with E-state index >= 15 is 0 Å². The first kappa shape index (κ1) is 22.2. The number of alkyl halides is 6. The molecule has 0 unspecified atom stereocenters. The van der Waals surface area contributed by atoms with Crippen LogP contribution >= 0.6 is 58.0 Å². The Labute approximate surface area is 177 Å². The largest absolute Gasteiger partial charge is 0.416 e. The number of benzene rings is 2. The van der Waals surface area contributed by atoms with Crippen molar-refractivity contribution in [1.29, 1.82) is 0 Å². The molecule has 27 heavy (non-hydrogen) atoms.